The average molecular weight is 335 g/mol. The Morgan fingerprint density at radius 3 is 2.43 bits per heavy atom. The molecule has 1 aromatic carbocycles. The van der Waals surface area contributed by atoms with E-state index < -0.39 is 5.97 Å². The lowest BCUT2D eigenvalue weighted by atomic mass is 10.1. The number of thiocarbonyl (C=S) groups is 1. The molecule has 0 fully saturated rings. The van der Waals surface area contributed by atoms with E-state index in [0.717, 1.165) is 16.8 Å². The predicted molar refractivity (Wildman–Crippen MR) is 96.6 cm³/mol. The van der Waals surface area contributed by atoms with Crippen molar-refractivity contribution in [2.24, 2.45) is 15.9 Å². The van der Waals surface area contributed by atoms with Gasteiger partial charge in [0.05, 0.1) is 18.0 Å². The minimum absolute atomic E-state index is 0.00438. The number of rotatable bonds is 6. The zero-order valence-electron chi connectivity index (χ0n) is 13.6. The maximum atomic E-state index is 12.1. The standard InChI is InChI=1S/C15H21N5O2S/c1-5-22-14(21)13(11(4)17-20-15(16)23)19-18-12-9(2)7-6-8-10(12)3/h6-8,18H,5H2,1-4H3,(H3,16,20,23). The molecule has 0 saturated heterocycles. The maximum absolute atomic E-state index is 12.1. The lowest BCUT2D eigenvalue weighted by molar-refractivity contribution is -0.134. The lowest BCUT2D eigenvalue weighted by Gasteiger charge is -2.11. The molecule has 0 spiro atoms. The van der Waals surface area contributed by atoms with E-state index in [2.05, 4.69) is 33.3 Å². The first kappa shape index (κ1) is 18.6. The van der Waals surface area contributed by atoms with Crippen LogP contribution in [0.3, 0.4) is 0 Å². The number of aryl methyl sites for hydroxylation is 2. The summed E-state index contributed by atoms with van der Waals surface area (Å²) in [6.07, 6.45) is 0. The van der Waals surface area contributed by atoms with E-state index in [1.54, 1.807) is 13.8 Å². The normalized spacial score (nSPS) is 11.8. The van der Waals surface area contributed by atoms with E-state index in [9.17, 15) is 4.79 Å². The average Bonchev–Trinajstić information content (AvgIpc) is 2.48. The van der Waals surface area contributed by atoms with E-state index in [0.29, 0.717) is 5.71 Å². The number of nitrogens with two attached hydrogens (primary N) is 1. The summed E-state index contributed by atoms with van der Waals surface area (Å²) < 4.78 is 5.00. The number of nitrogens with zero attached hydrogens (tertiary/aromatic N) is 2. The number of hydrazone groups is 2. The minimum atomic E-state index is -0.586. The molecule has 8 heteroatoms. The highest BCUT2D eigenvalue weighted by atomic mass is 32.1. The Hall–Kier alpha value is -2.48. The van der Waals surface area contributed by atoms with E-state index in [1.807, 2.05) is 32.0 Å². The van der Waals surface area contributed by atoms with Crippen LogP contribution in [0, 0.1) is 13.8 Å². The third-order valence-electron chi connectivity index (χ3n) is 2.91. The highest BCUT2D eigenvalue weighted by Crippen LogP contribution is 2.19. The number of carbonyl (C=O) groups is 1. The first-order chi connectivity index (χ1) is 10.9. The van der Waals surface area contributed by atoms with E-state index >= 15 is 0 Å². The SMILES string of the molecule is CCOC(=O)C(=NNc1c(C)cccc1C)C(C)=NNC(N)=S. The monoisotopic (exact) mass is 335 g/mol. The van der Waals surface area contributed by atoms with Gasteiger partial charge in [0.1, 0.15) is 0 Å². The second-order valence-electron chi connectivity index (χ2n) is 4.73. The van der Waals surface area contributed by atoms with Crippen molar-refractivity contribution < 1.29 is 9.53 Å². The highest BCUT2D eigenvalue weighted by Gasteiger charge is 2.17. The molecule has 4 N–H and O–H groups in total. The van der Waals surface area contributed by atoms with Crippen LogP contribution in [0.25, 0.3) is 0 Å². The van der Waals surface area contributed by atoms with Crippen LogP contribution in [0.1, 0.15) is 25.0 Å². The van der Waals surface area contributed by atoms with Crippen LogP contribution < -0.4 is 16.6 Å². The molecule has 0 amide bonds. The van der Waals surface area contributed by atoms with Gasteiger partial charge in [-0.15, -0.1) is 0 Å². The van der Waals surface area contributed by atoms with Crippen LogP contribution in [0.5, 0.6) is 0 Å². The minimum Gasteiger partial charge on any atom is -0.461 e. The first-order valence-electron chi connectivity index (χ1n) is 7.04. The molecule has 0 saturated carbocycles. The molecule has 23 heavy (non-hydrogen) atoms. The first-order valence-corrected chi connectivity index (χ1v) is 7.44. The van der Waals surface area contributed by atoms with Gasteiger partial charge in [0, 0.05) is 0 Å². The summed E-state index contributed by atoms with van der Waals surface area (Å²) in [6.45, 7) is 7.45. The van der Waals surface area contributed by atoms with Gasteiger partial charge in [-0.1, -0.05) is 18.2 Å². The molecule has 124 valence electrons. The van der Waals surface area contributed by atoms with Gasteiger partial charge in [0.2, 0.25) is 0 Å². The molecule has 1 aromatic rings. The van der Waals surface area contributed by atoms with Gasteiger partial charge in [-0.3, -0.25) is 10.9 Å². The number of nitrogens with one attached hydrogen (secondary N) is 2. The molecular weight excluding hydrogens is 314 g/mol. The van der Waals surface area contributed by atoms with Crippen LogP contribution in [0.15, 0.2) is 28.4 Å². The zero-order valence-corrected chi connectivity index (χ0v) is 14.5. The Balaban J connectivity index is 3.11. The number of para-hydroxylation sites is 1. The molecule has 1 rings (SSSR count). The molecule has 0 aromatic heterocycles. The Labute approximate surface area is 141 Å². The lowest BCUT2D eigenvalue weighted by Crippen LogP contribution is -2.30. The summed E-state index contributed by atoms with van der Waals surface area (Å²) in [5.74, 6) is -0.586. The van der Waals surface area contributed by atoms with Crippen LogP contribution in [-0.2, 0) is 9.53 Å². The van der Waals surface area contributed by atoms with E-state index in [-0.39, 0.29) is 17.4 Å². The molecule has 0 aliphatic heterocycles. The summed E-state index contributed by atoms with van der Waals surface area (Å²) >= 11 is 4.68. The number of ether oxygens (including phenoxy) is 1. The van der Waals surface area contributed by atoms with Crippen molar-refractivity contribution in [1.29, 1.82) is 0 Å². The van der Waals surface area contributed by atoms with E-state index in [1.165, 1.54) is 0 Å². The zero-order chi connectivity index (χ0) is 17.4. The summed E-state index contributed by atoms with van der Waals surface area (Å²) in [5, 5.41) is 8.06. The fourth-order valence-corrected chi connectivity index (χ4v) is 1.81. The van der Waals surface area contributed by atoms with Crippen molar-refractivity contribution in [2.45, 2.75) is 27.7 Å². The summed E-state index contributed by atoms with van der Waals surface area (Å²) in [5.41, 5.74) is 13.8. The van der Waals surface area contributed by atoms with Crippen molar-refractivity contribution >= 4 is 40.4 Å². The summed E-state index contributed by atoms with van der Waals surface area (Å²) in [7, 11) is 0. The topological polar surface area (TPSA) is 101 Å². The maximum Gasteiger partial charge on any atom is 0.360 e. The van der Waals surface area contributed by atoms with Gasteiger partial charge in [0.15, 0.2) is 10.8 Å². The smallest absolute Gasteiger partial charge is 0.360 e. The van der Waals surface area contributed by atoms with E-state index in [4.69, 9.17) is 10.5 Å². The van der Waals surface area contributed by atoms with Gasteiger partial charge in [-0.2, -0.15) is 10.2 Å². The number of benzene rings is 1. The summed E-state index contributed by atoms with van der Waals surface area (Å²) in [6, 6.07) is 5.85. The van der Waals surface area contributed by atoms with Crippen molar-refractivity contribution in [3.05, 3.63) is 29.3 Å². The molecule has 0 aliphatic rings. The number of carbonyl (C=O) groups excluding carboxylic acids is 1. The molecule has 7 nitrogen and oxygen atoms in total. The second kappa shape index (κ2) is 8.84. The fraction of sp³-hybridized carbons (Fsp3) is 0.333. The molecule has 0 radical (unpaired) electrons. The Bertz CT molecular complexity index is 635. The molecule has 0 atom stereocenters. The van der Waals surface area contributed by atoms with Gasteiger partial charge < -0.3 is 10.5 Å². The van der Waals surface area contributed by atoms with Crippen LogP contribution >= 0.6 is 12.2 Å². The number of hydrogen-bond donors (Lipinski definition) is 3. The van der Waals surface area contributed by atoms with Crippen LogP contribution in [0.4, 0.5) is 5.69 Å². The van der Waals surface area contributed by atoms with Crippen molar-refractivity contribution in [3.8, 4) is 0 Å². The van der Waals surface area contributed by atoms with Gasteiger partial charge in [0.25, 0.3) is 0 Å². The highest BCUT2D eigenvalue weighted by molar-refractivity contribution is 7.80. The third-order valence-corrected chi connectivity index (χ3v) is 3.00. The van der Waals surface area contributed by atoms with Crippen molar-refractivity contribution in [2.75, 3.05) is 12.0 Å². The van der Waals surface area contributed by atoms with Crippen LogP contribution in [0.2, 0.25) is 0 Å². The fourth-order valence-electron chi connectivity index (χ4n) is 1.77. The Morgan fingerprint density at radius 1 is 1.30 bits per heavy atom. The third kappa shape index (κ3) is 5.67. The molecule has 0 aliphatic carbocycles. The van der Waals surface area contributed by atoms with Crippen molar-refractivity contribution in [3.63, 3.8) is 0 Å². The largest absolute Gasteiger partial charge is 0.461 e. The molecule has 0 heterocycles. The van der Waals surface area contributed by atoms with Gasteiger partial charge in [-0.05, 0) is 51.0 Å². The van der Waals surface area contributed by atoms with Crippen molar-refractivity contribution in [1.82, 2.24) is 5.43 Å². The Kier molecular flexibility index (Phi) is 7.14. The number of hydrogen-bond acceptors (Lipinski definition) is 6. The number of anilines is 1. The quantitative estimate of drug-likeness (QED) is 0.317. The summed E-state index contributed by atoms with van der Waals surface area (Å²) in [4.78, 5) is 12.1. The Morgan fingerprint density at radius 2 is 1.91 bits per heavy atom. The van der Waals surface area contributed by atoms with Crippen LogP contribution in [-0.4, -0.2) is 29.1 Å². The number of esters is 1. The molecule has 0 unspecified atom stereocenters. The molecular formula is C15H21N5O2S. The second-order valence-corrected chi connectivity index (χ2v) is 5.17. The molecule has 0 bridgehead atoms. The van der Waals surface area contributed by atoms with Gasteiger partial charge in [-0.25, -0.2) is 4.79 Å². The predicted octanol–water partition coefficient (Wildman–Crippen LogP) is 1.84. The van der Waals surface area contributed by atoms with Gasteiger partial charge >= 0.3 is 5.97 Å².